The first-order valence-corrected chi connectivity index (χ1v) is 9.83. The van der Waals surface area contributed by atoms with Crippen molar-refractivity contribution in [2.45, 2.75) is 27.2 Å². The van der Waals surface area contributed by atoms with Crippen molar-refractivity contribution < 1.29 is 4.79 Å². The molecule has 1 saturated heterocycles. The molecule has 3 heterocycles. The second-order valence-corrected chi connectivity index (χ2v) is 7.90. The van der Waals surface area contributed by atoms with Gasteiger partial charge in [0.1, 0.15) is 11.9 Å². The van der Waals surface area contributed by atoms with Crippen LogP contribution in [0, 0.1) is 24.2 Å². The molecule has 144 valence electrons. The number of amides is 1. The largest absolute Gasteiger partial charge is 0.354 e. The van der Waals surface area contributed by atoms with E-state index in [2.05, 4.69) is 35.3 Å². The number of aryl methyl sites for hydroxylation is 1. The number of nitriles is 1. The summed E-state index contributed by atoms with van der Waals surface area (Å²) in [6, 6.07) is 12.4. The molecule has 4 rings (SSSR count). The Kier molecular flexibility index (Phi) is 4.68. The second kappa shape index (κ2) is 7.16. The molecule has 3 aromatic rings. The first-order chi connectivity index (χ1) is 13.5. The molecule has 0 unspecified atom stereocenters. The summed E-state index contributed by atoms with van der Waals surface area (Å²) < 4.78 is 2.09. The summed E-state index contributed by atoms with van der Waals surface area (Å²) in [6.07, 6.45) is 0.604. The normalized spacial score (nSPS) is 14.8. The van der Waals surface area contributed by atoms with E-state index < -0.39 is 0 Å². The average Bonchev–Trinajstić information content (AvgIpc) is 3.06. The number of anilines is 1. The van der Waals surface area contributed by atoms with Gasteiger partial charge in [0.25, 0.3) is 0 Å². The number of imidazole rings is 1. The van der Waals surface area contributed by atoms with Gasteiger partial charge in [-0.1, -0.05) is 26.0 Å². The minimum atomic E-state index is 0.240. The fraction of sp³-hybridized carbons (Fsp3) is 0.409. The van der Waals surface area contributed by atoms with Gasteiger partial charge in [-0.05, 0) is 36.6 Å². The number of aromatic nitrogens is 2. The summed E-state index contributed by atoms with van der Waals surface area (Å²) in [7, 11) is 0. The van der Waals surface area contributed by atoms with Crippen LogP contribution in [0.2, 0.25) is 0 Å². The molecule has 0 spiro atoms. The van der Waals surface area contributed by atoms with Gasteiger partial charge >= 0.3 is 0 Å². The quantitative estimate of drug-likeness (QED) is 0.704. The number of rotatable bonds is 3. The van der Waals surface area contributed by atoms with Crippen LogP contribution in [0.4, 0.5) is 5.82 Å². The van der Waals surface area contributed by atoms with Crippen molar-refractivity contribution in [2.24, 2.45) is 5.92 Å². The fourth-order valence-corrected chi connectivity index (χ4v) is 3.97. The molecule has 2 aromatic heterocycles. The molecule has 0 radical (unpaired) electrons. The summed E-state index contributed by atoms with van der Waals surface area (Å²) in [4.78, 5) is 21.4. The summed E-state index contributed by atoms with van der Waals surface area (Å²) in [5.74, 6) is 1.66. The first-order valence-electron chi connectivity index (χ1n) is 9.83. The predicted octanol–water partition coefficient (Wildman–Crippen LogP) is 3.36. The molecule has 6 nitrogen and oxygen atoms in total. The van der Waals surface area contributed by atoms with E-state index in [0.717, 1.165) is 48.6 Å². The third-order valence-corrected chi connectivity index (χ3v) is 5.40. The standard InChI is InChI=1S/C22H25N5O/c1-15(2)12-21(28)26-10-8-25(9-11-26)20-13-16(3)17(14-23)22-24-18-6-4-5-7-19(18)27(20)22/h4-7,13,15H,8-12H2,1-3H3. The molecule has 1 fully saturated rings. The van der Waals surface area contributed by atoms with Gasteiger partial charge in [-0.25, -0.2) is 4.98 Å². The minimum absolute atomic E-state index is 0.240. The van der Waals surface area contributed by atoms with E-state index in [-0.39, 0.29) is 5.91 Å². The van der Waals surface area contributed by atoms with E-state index in [4.69, 9.17) is 4.98 Å². The van der Waals surface area contributed by atoms with Gasteiger partial charge in [-0.15, -0.1) is 0 Å². The summed E-state index contributed by atoms with van der Waals surface area (Å²) in [6.45, 7) is 9.11. The van der Waals surface area contributed by atoms with E-state index in [1.54, 1.807) is 0 Å². The molecule has 0 N–H and O–H groups in total. The lowest BCUT2D eigenvalue weighted by Crippen LogP contribution is -2.49. The second-order valence-electron chi connectivity index (χ2n) is 7.90. The molecule has 1 aromatic carbocycles. The Bertz CT molecular complexity index is 1080. The average molecular weight is 375 g/mol. The van der Waals surface area contributed by atoms with Crippen molar-refractivity contribution in [1.82, 2.24) is 14.3 Å². The number of nitrogens with zero attached hydrogens (tertiary/aromatic N) is 5. The molecule has 6 heteroatoms. The lowest BCUT2D eigenvalue weighted by atomic mass is 10.1. The lowest BCUT2D eigenvalue weighted by Gasteiger charge is -2.36. The number of fused-ring (bicyclic) bond motifs is 3. The Balaban J connectivity index is 1.72. The Hall–Kier alpha value is -3.07. The number of benzene rings is 1. The van der Waals surface area contributed by atoms with Crippen molar-refractivity contribution in [2.75, 3.05) is 31.1 Å². The first kappa shape index (κ1) is 18.3. The third-order valence-electron chi connectivity index (χ3n) is 5.40. The molecule has 1 aliphatic heterocycles. The SMILES string of the molecule is Cc1cc(N2CCN(C(=O)CC(C)C)CC2)n2c(nc3ccccc32)c1C#N. The Morgan fingerprint density at radius 2 is 1.93 bits per heavy atom. The molecule has 28 heavy (non-hydrogen) atoms. The Labute approximate surface area is 165 Å². The summed E-state index contributed by atoms with van der Waals surface area (Å²) in [5, 5.41) is 9.65. The van der Waals surface area contributed by atoms with Crippen LogP contribution in [-0.2, 0) is 4.79 Å². The van der Waals surface area contributed by atoms with E-state index in [9.17, 15) is 10.1 Å². The maximum atomic E-state index is 12.4. The van der Waals surface area contributed by atoms with Gasteiger partial charge < -0.3 is 9.80 Å². The van der Waals surface area contributed by atoms with Gasteiger partial charge in [-0.2, -0.15) is 5.26 Å². The number of para-hydroxylation sites is 2. The highest BCUT2D eigenvalue weighted by atomic mass is 16.2. The molecule has 0 saturated carbocycles. The number of carbonyl (C=O) groups is 1. The molecule has 0 bridgehead atoms. The van der Waals surface area contributed by atoms with Crippen molar-refractivity contribution in [3.8, 4) is 6.07 Å². The molecular formula is C22H25N5O. The topological polar surface area (TPSA) is 64.6 Å². The van der Waals surface area contributed by atoms with Crippen LogP contribution < -0.4 is 4.90 Å². The van der Waals surface area contributed by atoms with Crippen LogP contribution in [0.25, 0.3) is 16.7 Å². The monoisotopic (exact) mass is 375 g/mol. The van der Waals surface area contributed by atoms with Crippen LogP contribution in [0.15, 0.2) is 30.3 Å². The maximum absolute atomic E-state index is 12.4. The highest BCUT2D eigenvalue weighted by Crippen LogP contribution is 2.29. The Morgan fingerprint density at radius 3 is 2.61 bits per heavy atom. The zero-order valence-electron chi connectivity index (χ0n) is 16.6. The van der Waals surface area contributed by atoms with Crippen LogP contribution in [0.1, 0.15) is 31.4 Å². The van der Waals surface area contributed by atoms with Gasteiger partial charge in [0, 0.05) is 32.6 Å². The lowest BCUT2D eigenvalue weighted by molar-refractivity contribution is -0.132. The maximum Gasteiger partial charge on any atom is 0.222 e. The van der Waals surface area contributed by atoms with Crippen LogP contribution in [-0.4, -0.2) is 46.4 Å². The zero-order chi connectivity index (χ0) is 19.8. The van der Waals surface area contributed by atoms with E-state index >= 15 is 0 Å². The molecule has 0 atom stereocenters. The number of pyridine rings is 1. The van der Waals surface area contributed by atoms with E-state index in [1.807, 2.05) is 36.1 Å². The molecule has 1 amide bonds. The van der Waals surface area contributed by atoms with Crippen LogP contribution in [0.3, 0.4) is 0 Å². The highest BCUT2D eigenvalue weighted by molar-refractivity contribution is 5.85. The minimum Gasteiger partial charge on any atom is -0.354 e. The number of carbonyl (C=O) groups excluding carboxylic acids is 1. The van der Waals surface area contributed by atoms with Crippen molar-refractivity contribution in [3.05, 3.63) is 41.5 Å². The van der Waals surface area contributed by atoms with Gasteiger partial charge in [0.15, 0.2) is 5.65 Å². The van der Waals surface area contributed by atoms with Crippen molar-refractivity contribution in [3.63, 3.8) is 0 Å². The van der Waals surface area contributed by atoms with Crippen LogP contribution in [0.5, 0.6) is 0 Å². The number of piperazine rings is 1. The van der Waals surface area contributed by atoms with Crippen LogP contribution >= 0.6 is 0 Å². The van der Waals surface area contributed by atoms with Crippen molar-refractivity contribution in [1.29, 1.82) is 5.26 Å². The fourth-order valence-electron chi connectivity index (χ4n) is 3.97. The van der Waals surface area contributed by atoms with E-state index in [0.29, 0.717) is 23.5 Å². The summed E-state index contributed by atoms with van der Waals surface area (Å²) in [5.41, 5.74) is 4.14. The highest BCUT2D eigenvalue weighted by Gasteiger charge is 2.25. The zero-order valence-corrected chi connectivity index (χ0v) is 16.6. The molecule has 1 aliphatic rings. The molecule has 0 aliphatic carbocycles. The summed E-state index contributed by atoms with van der Waals surface area (Å²) >= 11 is 0. The number of hydrogen-bond donors (Lipinski definition) is 0. The third kappa shape index (κ3) is 3.07. The van der Waals surface area contributed by atoms with Gasteiger partial charge in [0.2, 0.25) is 5.91 Å². The smallest absolute Gasteiger partial charge is 0.222 e. The molecular weight excluding hydrogens is 350 g/mol. The Morgan fingerprint density at radius 1 is 1.21 bits per heavy atom. The van der Waals surface area contributed by atoms with Gasteiger partial charge in [-0.3, -0.25) is 9.20 Å². The predicted molar refractivity (Wildman–Crippen MR) is 110 cm³/mol. The van der Waals surface area contributed by atoms with E-state index in [1.165, 1.54) is 0 Å². The van der Waals surface area contributed by atoms with Gasteiger partial charge in [0.05, 0.1) is 16.6 Å². The van der Waals surface area contributed by atoms with Crippen molar-refractivity contribution >= 4 is 28.4 Å². The number of hydrogen-bond acceptors (Lipinski definition) is 4.